The summed E-state index contributed by atoms with van der Waals surface area (Å²) in [5.41, 5.74) is 6.33. The van der Waals surface area contributed by atoms with Gasteiger partial charge < -0.3 is 14.3 Å². The Hall–Kier alpha value is -2.14. The predicted octanol–water partition coefficient (Wildman–Crippen LogP) is 4.07. The zero-order chi connectivity index (χ0) is 17.1. The molecule has 0 amide bonds. The average Bonchev–Trinajstić information content (AvgIpc) is 3.53. The number of benzene rings is 1. The maximum atomic E-state index is 5.61. The van der Waals surface area contributed by atoms with Crippen LogP contribution in [0.4, 0.5) is 0 Å². The summed E-state index contributed by atoms with van der Waals surface area (Å²) in [6.07, 6.45) is 8.32. The lowest BCUT2D eigenvalue weighted by Crippen LogP contribution is -2.07. The molecule has 5 heteroatoms. The lowest BCUT2D eigenvalue weighted by Gasteiger charge is -2.12. The molecule has 3 heterocycles. The first-order valence-corrected chi connectivity index (χ1v) is 9.96. The molecule has 1 aromatic carbocycles. The second-order valence-electron chi connectivity index (χ2n) is 8.23. The molecule has 1 aliphatic heterocycles. The number of H-pyrrole nitrogens is 1. The summed E-state index contributed by atoms with van der Waals surface area (Å²) in [5, 5.41) is 0. The number of aromatic nitrogens is 4. The van der Waals surface area contributed by atoms with Crippen molar-refractivity contribution >= 4 is 11.0 Å². The third-order valence-corrected chi connectivity index (χ3v) is 6.07. The van der Waals surface area contributed by atoms with Crippen LogP contribution in [0.3, 0.4) is 0 Å². The van der Waals surface area contributed by atoms with Crippen LogP contribution in [0, 0.1) is 0 Å². The smallest absolute Gasteiger partial charge is 0.110 e. The molecule has 2 saturated carbocycles. The Morgan fingerprint density at radius 2 is 1.96 bits per heavy atom. The summed E-state index contributed by atoms with van der Waals surface area (Å²) in [6.45, 7) is 2.60. The van der Waals surface area contributed by atoms with Crippen molar-refractivity contribution in [3.05, 3.63) is 47.3 Å². The van der Waals surface area contributed by atoms with Crippen molar-refractivity contribution < 1.29 is 4.74 Å². The van der Waals surface area contributed by atoms with Crippen LogP contribution >= 0.6 is 0 Å². The highest BCUT2D eigenvalue weighted by Gasteiger charge is 2.34. The fraction of sp³-hybridized carbons (Fsp3) is 0.524. The Morgan fingerprint density at radius 3 is 2.73 bits per heavy atom. The van der Waals surface area contributed by atoms with Gasteiger partial charge in [0.2, 0.25) is 0 Å². The van der Waals surface area contributed by atoms with Gasteiger partial charge in [-0.15, -0.1) is 0 Å². The van der Waals surface area contributed by atoms with Crippen molar-refractivity contribution in [2.75, 3.05) is 13.2 Å². The van der Waals surface area contributed by atoms with Crippen LogP contribution in [0.2, 0.25) is 0 Å². The van der Waals surface area contributed by atoms with E-state index in [-0.39, 0.29) is 0 Å². The van der Waals surface area contributed by atoms with E-state index >= 15 is 0 Å². The zero-order valence-corrected chi connectivity index (χ0v) is 14.9. The van der Waals surface area contributed by atoms with E-state index in [1.807, 2.05) is 6.33 Å². The van der Waals surface area contributed by atoms with Gasteiger partial charge in [0, 0.05) is 36.6 Å². The quantitative estimate of drug-likeness (QED) is 0.756. The number of aromatic amines is 1. The number of nitrogens with zero attached hydrogens (tertiary/aromatic N) is 3. The number of nitrogens with one attached hydrogen (secondary N) is 1. The van der Waals surface area contributed by atoms with Crippen LogP contribution < -0.4 is 0 Å². The molecule has 1 N–H and O–H groups in total. The molecule has 0 spiro atoms. The molecule has 2 aliphatic carbocycles. The van der Waals surface area contributed by atoms with E-state index in [0.717, 1.165) is 31.7 Å². The maximum absolute atomic E-state index is 5.61. The minimum absolute atomic E-state index is 0.489. The minimum atomic E-state index is 0.489. The van der Waals surface area contributed by atoms with Crippen LogP contribution in [-0.2, 0) is 11.3 Å². The molecular formula is C21H24N4O. The number of hydrogen-bond donors (Lipinski definition) is 1. The highest BCUT2D eigenvalue weighted by Crippen LogP contribution is 2.44. The second kappa shape index (κ2) is 5.68. The topological polar surface area (TPSA) is 55.7 Å². The van der Waals surface area contributed by atoms with Crippen LogP contribution in [0.1, 0.15) is 72.6 Å². The van der Waals surface area contributed by atoms with Gasteiger partial charge in [0.1, 0.15) is 5.82 Å². The summed E-state index contributed by atoms with van der Waals surface area (Å²) >= 11 is 0. The lowest BCUT2D eigenvalue weighted by molar-refractivity contribution is 0.193. The normalized spacial score (nSPS) is 23.2. The predicted molar refractivity (Wildman–Crippen MR) is 99.5 cm³/mol. The molecule has 6 rings (SSSR count). The summed E-state index contributed by atoms with van der Waals surface area (Å²) in [7, 11) is 0. The molecule has 134 valence electrons. The number of rotatable bonds is 5. The largest absolute Gasteiger partial charge is 0.381 e. The van der Waals surface area contributed by atoms with Gasteiger partial charge in [-0.1, -0.05) is 6.07 Å². The van der Waals surface area contributed by atoms with Crippen molar-refractivity contribution in [2.45, 2.75) is 56.4 Å². The van der Waals surface area contributed by atoms with E-state index in [4.69, 9.17) is 14.7 Å². The number of hydrogen-bond acceptors (Lipinski definition) is 3. The first-order chi connectivity index (χ1) is 12.8. The Balaban J connectivity index is 1.32. The van der Waals surface area contributed by atoms with Crippen LogP contribution in [-0.4, -0.2) is 32.7 Å². The molecule has 26 heavy (non-hydrogen) atoms. The molecule has 3 aromatic rings. The van der Waals surface area contributed by atoms with Crippen molar-refractivity contribution in [2.24, 2.45) is 0 Å². The van der Waals surface area contributed by atoms with E-state index in [1.54, 1.807) is 0 Å². The summed E-state index contributed by atoms with van der Waals surface area (Å²) in [4.78, 5) is 13.1. The van der Waals surface area contributed by atoms with Gasteiger partial charge in [0.25, 0.3) is 0 Å². The van der Waals surface area contributed by atoms with E-state index in [1.165, 1.54) is 54.0 Å². The molecule has 3 aliphatic rings. The van der Waals surface area contributed by atoms with Gasteiger partial charge >= 0.3 is 0 Å². The van der Waals surface area contributed by atoms with Crippen molar-refractivity contribution in [3.8, 4) is 0 Å². The van der Waals surface area contributed by atoms with Crippen molar-refractivity contribution in [1.82, 2.24) is 19.5 Å². The fourth-order valence-corrected chi connectivity index (χ4v) is 4.32. The fourth-order valence-electron chi connectivity index (χ4n) is 4.32. The zero-order valence-electron chi connectivity index (χ0n) is 14.9. The van der Waals surface area contributed by atoms with Gasteiger partial charge in [-0.2, -0.15) is 0 Å². The standard InChI is InChI=1S/C21H24N4O/c1-6-17-18(24-21(23-17)15-4-5-15)9-13(1)10-25-12-22-19(16-7-8-26-11-16)20(25)14-2-3-14/h1,6,9,12,14-16H,2-5,7-8,10-11H2,(H,23,24). The Morgan fingerprint density at radius 1 is 1.08 bits per heavy atom. The molecule has 1 saturated heterocycles. The minimum Gasteiger partial charge on any atom is -0.381 e. The van der Waals surface area contributed by atoms with E-state index in [9.17, 15) is 0 Å². The molecule has 5 nitrogen and oxygen atoms in total. The van der Waals surface area contributed by atoms with Gasteiger partial charge in [-0.25, -0.2) is 9.97 Å². The van der Waals surface area contributed by atoms with Crippen LogP contribution in [0.15, 0.2) is 24.5 Å². The molecule has 0 radical (unpaired) electrons. The first kappa shape index (κ1) is 15.0. The van der Waals surface area contributed by atoms with E-state index in [2.05, 4.69) is 27.8 Å². The third kappa shape index (κ3) is 2.57. The van der Waals surface area contributed by atoms with Crippen molar-refractivity contribution in [3.63, 3.8) is 0 Å². The number of imidazole rings is 2. The van der Waals surface area contributed by atoms with Gasteiger partial charge in [-0.3, -0.25) is 0 Å². The highest BCUT2D eigenvalue weighted by molar-refractivity contribution is 5.76. The number of fused-ring (bicyclic) bond motifs is 1. The average molecular weight is 348 g/mol. The Labute approximate surface area is 152 Å². The van der Waals surface area contributed by atoms with E-state index < -0.39 is 0 Å². The molecule has 1 atom stereocenters. The third-order valence-electron chi connectivity index (χ3n) is 6.07. The lowest BCUT2D eigenvalue weighted by atomic mass is 10.0. The van der Waals surface area contributed by atoms with Gasteiger partial charge in [-0.05, 0) is 49.8 Å². The monoisotopic (exact) mass is 348 g/mol. The molecule has 3 fully saturated rings. The maximum Gasteiger partial charge on any atom is 0.110 e. The molecule has 1 unspecified atom stereocenters. The highest BCUT2D eigenvalue weighted by atomic mass is 16.5. The molecular weight excluding hydrogens is 324 g/mol. The second-order valence-corrected chi connectivity index (χ2v) is 8.23. The van der Waals surface area contributed by atoms with Crippen LogP contribution in [0.25, 0.3) is 11.0 Å². The first-order valence-electron chi connectivity index (χ1n) is 9.96. The van der Waals surface area contributed by atoms with Gasteiger partial charge in [0.15, 0.2) is 0 Å². The molecule has 0 bridgehead atoms. The molecule has 2 aromatic heterocycles. The van der Waals surface area contributed by atoms with Crippen LogP contribution in [0.5, 0.6) is 0 Å². The van der Waals surface area contributed by atoms with E-state index in [0.29, 0.717) is 17.8 Å². The summed E-state index contributed by atoms with van der Waals surface area (Å²) < 4.78 is 7.99. The SMILES string of the molecule is c1cc2nc(C3CC3)[nH]c2cc1Cn1cnc(C2CCOC2)c1C1CC1. The summed E-state index contributed by atoms with van der Waals surface area (Å²) in [5.74, 6) is 3.02. The summed E-state index contributed by atoms with van der Waals surface area (Å²) in [6, 6.07) is 6.64. The number of ether oxygens (including phenoxy) is 1. The Bertz CT molecular complexity index is 958. The van der Waals surface area contributed by atoms with Gasteiger partial charge in [0.05, 0.1) is 29.7 Å². The van der Waals surface area contributed by atoms with Crippen molar-refractivity contribution in [1.29, 1.82) is 0 Å². The Kier molecular flexibility index (Phi) is 3.27.